The first kappa shape index (κ1) is 13.6. The largest absolute Gasteiger partial charge is 0.478 e. The maximum Gasteiger partial charge on any atom is 0.348 e. The summed E-state index contributed by atoms with van der Waals surface area (Å²) in [6.07, 6.45) is 3.44. The van der Waals surface area contributed by atoms with Gasteiger partial charge in [-0.05, 0) is 43.7 Å². The number of hydrogen-bond donors (Lipinski definition) is 1. The molecule has 2 rings (SSSR count). The standard InChI is InChI=1S/C15H18O4/c1-11-5-7-15(8-6-11,14(17)18)19-13-4-2-3-12(9-13)10-16/h2-4,9-11H,5-8H2,1H3,(H,17,18). The molecule has 19 heavy (non-hydrogen) atoms. The zero-order valence-electron chi connectivity index (χ0n) is 11.0. The normalized spacial score (nSPS) is 26.7. The van der Waals surface area contributed by atoms with Gasteiger partial charge in [-0.25, -0.2) is 4.79 Å². The topological polar surface area (TPSA) is 63.6 Å². The number of aldehydes is 1. The van der Waals surface area contributed by atoms with Gasteiger partial charge in [0, 0.05) is 5.56 Å². The number of aliphatic carboxylic acids is 1. The van der Waals surface area contributed by atoms with Crippen LogP contribution in [0.15, 0.2) is 24.3 Å². The number of ether oxygens (including phenoxy) is 1. The zero-order chi connectivity index (χ0) is 13.9. The lowest BCUT2D eigenvalue weighted by Gasteiger charge is -2.36. The van der Waals surface area contributed by atoms with Crippen LogP contribution in [0.25, 0.3) is 0 Å². The van der Waals surface area contributed by atoms with Crippen LogP contribution < -0.4 is 4.74 Å². The predicted octanol–water partition coefficient (Wildman–Crippen LogP) is 2.91. The summed E-state index contributed by atoms with van der Waals surface area (Å²) in [5, 5.41) is 9.47. The summed E-state index contributed by atoms with van der Waals surface area (Å²) in [4.78, 5) is 22.3. The molecule has 0 aliphatic heterocycles. The van der Waals surface area contributed by atoms with Crippen LogP contribution in [0.2, 0.25) is 0 Å². The van der Waals surface area contributed by atoms with Gasteiger partial charge in [0.15, 0.2) is 0 Å². The van der Waals surface area contributed by atoms with Crippen LogP contribution in [0.5, 0.6) is 5.75 Å². The Balaban J connectivity index is 2.21. The zero-order valence-corrected chi connectivity index (χ0v) is 11.0. The van der Waals surface area contributed by atoms with E-state index in [0.29, 0.717) is 30.1 Å². The van der Waals surface area contributed by atoms with Crippen molar-refractivity contribution in [3.63, 3.8) is 0 Å². The number of benzene rings is 1. The van der Waals surface area contributed by atoms with Crippen LogP contribution >= 0.6 is 0 Å². The molecule has 4 heteroatoms. The molecule has 0 radical (unpaired) electrons. The summed E-state index contributed by atoms with van der Waals surface area (Å²) in [5.74, 6) is 0.0647. The first-order valence-corrected chi connectivity index (χ1v) is 6.53. The van der Waals surface area contributed by atoms with Gasteiger partial charge in [0.25, 0.3) is 0 Å². The minimum atomic E-state index is -1.14. The molecule has 0 amide bonds. The van der Waals surface area contributed by atoms with Gasteiger partial charge >= 0.3 is 5.97 Å². The molecule has 1 aliphatic carbocycles. The van der Waals surface area contributed by atoms with Crippen molar-refractivity contribution in [2.45, 2.75) is 38.2 Å². The highest BCUT2D eigenvalue weighted by atomic mass is 16.5. The minimum absolute atomic E-state index is 0.446. The molecule has 0 bridgehead atoms. The second kappa shape index (κ2) is 5.43. The third kappa shape index (κ3) is 2.95. The van der Waals surface area contributed by atoms with Crippen molar-refractivity contribution in [3.05, 3.63) is 29.8 Å². The lowest BCUT2D eigenvalue weighted by molar-refractivity contribution is -0.159. The van der Waals surface area contributed by atoms with Crippen molar-refractivity contribution in [2.24, 2.45) is 5.92 Å². The van der Waals surface area contributed by atoms with Crippen LogP contribution in [0.4, 0.5) is 0 Å². The summed E-state index contributed by atoms with van der Waals surface area (Å²) in [7, 11) is 0. The molecule has 1 N–H and O–H groups in total. The molecule has 1 saturated carbocycles. The molecular weight excluding hydrogens is 244 g/mol. The molecule has 0 unspecified atom stereocenters. The first-order chi connectivity index (χ1) is 9.05. The van der Waals surface area contributed by atoms with E-state index >= 15 is 0 Å². The molecule has 1 aromatic carbocycles. The molecular formula is C15H18O4. The summed E-state index contributed by atoms with van der Waals surface area (Å²) >= 11 is 0. The molecule has 4 nitrogen and oxygen atoms in total. The van der Waals surface area contributed by atoms with E-state index in [-0.39, 0.29) is 0 Å². The van der Waals surface area contributed by atoms with E-state index in [1.807, 2.05) is 0 Å². The van der Waals surface area contributed by atoms with Crippen molar-refractivity contribution in [2.75, 3.05) is 0 Å². The Hall–Kier alpha value is -1.84. The average Bonchev–Trinajstić information content (AvgIpc) is 2.41. The van der Waals surface area contributed by atoms with Crippen molar-refractivity contribution < 1.29 is 19.4 Å². The fraction of sp³-hybridized carbons (Fsp3) is 0.467. The number of carbonyl (C=O) groups excluding carboxylic acids is 1. The van der Waals surface area contributed by atoms with Gasteiger partial charge in [-0.15, -0.1) is 0 Å². The SMILES string of the molecule is CC1CCC(Oc2cccc(C=O)c2)(C(=O)O)CC1. The number of carboxylic acids is 1. The minimum Gasteiger partial charge on any atom is -0.478 e. The maximum absolute atomic E-state index is 11.5. The van der Waals surface area contributed by atoms with Gasteiger partial charge in [-0.2, -0.15) is 0 Å². The Morgan fingerprint density at radius 2 is 2.11 bits per heavy atom. The third-order valence-electron chi connectivity index (χ3n) is 3.78. The first-order valence-electron chi connectivity index (χ1n) is 6.53. The van der Waals surface area contributed by atoms with Gasteiger partial charge in [0.05, 0.1) is 0 Å². The maximum atomic E-state index is 11.5. The number of hydrogen-bond acceptors (Lipinski definition) is 3. The van der Waals surface area contributed by atoms with Gasteiger partial charge in [0.2, 0.25) is 5.60 Å². The smallest absolute Gasteiger partial charge is 0.348 e. The predicted molar refractivity (Wildman–Crippen MR) is 70.5 cm³/mol. The molecule has 0 heterocycles. The van der Waals surface area contributed by atoms with Crippen LogP contribution in [0.3, 0.4) is 0 Å². The Morgan fingerprint density at radius 3 is 2.68 bits per heavy atom. The highest BCUT2D eigenvalue weighted by molar-refractivity contribution is 5.78. The van der Waals surface area contributed by atoms with Gasteiger partial charge < -0.3 is 9.84 Å². The summed E-state index contributed by atoms with van der Waals surface area (Å²) < 4.78 is 5.74. The molecule has 0 spiro atoms. The highest BCUT2D eigenvalue weighted by Crippen LogP contribution is 2.36. The van der Waals surface area contributed by atoms with Crippen molar-refractivity contribution in [3.8, 4) is 5.75 Å². The van der Waals surface area contributed by atoms with Crippen LogP contribution in [-0.2, 0) is 4.79 Å². The molecule has 0 atom stereocenters. The molecule has 1 aliphatic rings. The van der Waals surface area contributed by atoms with Crippen molar-refractivity contribution >= 4 is 12.3 Å². The summed E-state index contributed by atoms with van der Waals surface area (Å²) in [5.41, 5.74) is -0.657. The van der Waals surface area contributed by atoms with Gasteiger partial charge in [-0.3, -0.25) is 4.79 Å². The quantitative estimate of drug-likeness (QED) is 0.847. The third-order valence-corrected chi connectivity index (χ3v) is 3.78. The summed E-state index contributed by atoms with van der Waals surface area (Å²) in [6.45, 7) is 2.12. The molecule has 0 saturated heterocycles. The number of carboxylic acid groups (broad SMARTS) is 1. The monoisotopic (exact) mass is 262 g/mol. The second-order valence-electron chi connectivity index (χ2n) is 5.27. The molecule has 1 fully saturated rings. The molecule has 1 aromatic rings. The average molecular weight is 262 g/mol. The number of rotatable bonds is 4. The lowest BCUT2D eigenvalue weighted by atomic mass is 9.79. The molecule has 0 aromatic heterocycles. The van der Waals surface area contributed by atoms with Crippen LogP contribution in [-0.4, -0.2) is 23.0 Å². The highest BCUT2D eigenvalue weighted by Gasteiger charge is 2.43. The fourth-order valence-electron chi connectivity index (χ4n) is 2.46. The van der Waals surface area contributed by atoms with E-state index in [9.17, 15) is 14.7 Å². The second-order valence-corrected chi connectivity index (χ2v) is 5.27. The number of carbonyl (C=O) groups is 2. The van der Waals surface area contributed by atoms with Gasteiger partial charge in [-0.1, -0.05) is 19.1 Å². The van der Waals surface area contributed by atoms with Crippen LogP contribution in [0.1, 0.15) is 43.0 Å². The summed E-state index contributed by atoms with van der Waals surface area (Å²) in [6, 6.07) is 6.63. The Bertz CT molecular complexity index is 473. The Labute approximate surface area is 112 Å². The van der Waals surface area contributed by atoms with E-state index in [4.69, 9.17) is 4.74 Å². The van der Waals surface area contributed by atoms with E-state index in [1.165, 1.54) is 0 Å². The van der Waals surface area contributed by atoms with E-state index in [0.717, 1.165) is 19.1 Å². The lowest BCUT2D eigenvalue weighted by Crippen LogP contribution is -2.47. The Kier molecular flexibility index (Phi) is 3.88. The van der Waals surface area contributed by atoms with Crippen molar-refractivity contribution in [1.29, 1.82) is 0 Å². The molecule has 102 valence electrons. The Morgan fingerprint density at radius 1 is 1.42 bits per heavy atom. The van der Waals surface area contributed by atoms with Crippen molar-refractivity contribution in [1.82, 2.24) is 0 Å². The fourth-order valence-corrected chi connectivity index (χ4v) is 2.46. The van der Waals surface area contributed by atoms with E-state index < -0.39 is 11.6 Å². The van der Waals surface area contributed by atoms with Crippen LogP contribution in [0, 0.1) is 5.92 Å². The van der Waals surface area contributed by atoms with E-state index in [1.54, 1.807) is 24.3 Å². The van der Waals surface area contributed by atoms with Gasteiger partial charge in [0.1, 0.15) is 12.0 Å². The van der Waals surface area contributed by atoms with E-state index in [2.05, 4.69) is 6.92 Å².